The minimum Gasteiger partial charge on any atom is -0.371 e. The molecule has 1 N–H and O–H groups in total. The number of ether oxygens (including phenoxy) is 1. The lowest BCUT2D eigenvalue weighted by molar-refractivity contribution is 0.0491. The Kier molecular flexibility index (Phi) is 6.58. The van der Waals surface area contributed by atoms with Crippen molar-refractivity contribution in [2.24, 2.45) is 0 Å². The number of nitrogens with zero attached hydrogens (tertiary/aromatic N) is 2. The molecule has 0 fully saturated rings. The summed E-state index contributed by atoms with van der Waals surface area (Å²) < 4.78 is 5.81. The smallest absolute Gasteiger partial charge is 0.157 e. The van der Waals surface area contributed by atoms with Crippen LogP contribution in [0.1, 0.15) is 82.1 Å². The molecule has 0 radical (unpaired) electrons. The van der Waals surface area contributed by atoms with Gasteiger partial charge in [0.25, 0.3) is 0 Å². The van der Waals surface area contributed by atoms with Crippen molar-refractivity contribution >= 4 is 0 Å². The second-order valence-electron chi connectivity index (χ2n) is 5.76. The Bertz CT molecular complexity index is 430. The van der Waals surface area contributed by atoms with Crippen LogP contribution in [0.2, 0.25) is 0 Å². The van der Waals surface area contributed by atoms with Crippen LogP contribution >= 0.6 is 0 Å². The van der Waals surface area contributed by atoms with Gasteiger partial charge >= 0.3 is 0 Å². The summed E-state index contributed by atoms with van der Waals surface area (Å²) in [5.41, 5.74) is 2.52. The molecular weight excluding hydrogens is 262 g/mol. The van der Waals surface area contributed by atoms with E-state index in [0.29, 0.717) is 12.6 Å². The average Bonchev–Trinajstić information content (AvgIpc) is 2.52. The fourth-order valence-electron chi connectivity index (χ4n) is 3.00. The number of hydrogen-bond acceptors (Lipinski definition) is 4. The van der Waals surface area contributed by atoms with Gasteiger partial charge in [-0.15, -0.1) is 0 Å². The molecule has 21 heavy (non-hydrogen) atoms. The maximum absolute atomic E-state index is 5.81. The molecule has 4 heteroatoms. The van der Waals surface area contributed by atoms with Crippen LogP contribution < -0.4 is 5.32 Å². The monoisotopic (exact) mass is 291 g/mol. The molecule has 4 nitrogen and oxygen atoms in total. The van der Waals surface area contributed by atoms with Gasteiger partial charge in [0.05, 0.1) is 0 Å². The minimum atomic E-state index is 0.0503. The van der Waals surface area contributed by atoms with Gasteiger partial charge in [-0.05, 0) is 45.6 Å². The van der Waals surface area contributed by atoms with E-state index in [2.05, 4.69) is 24.1 Å². The number of rotatable bonds is 8. The predicted octanol–water partition coefficient (Wildman–Crippen LogP) is 3.73. The van der Waals surface area contributed by atoms with Gasteiger partial charge in [0.2, 0.25) is 0 Å². The first-order chi connectivity index (χ1) is 10.3. The molecule has 0 amide bonds. The minimum absolute atomic E-state index is 0.0503. The molecule has 0 saturated heterocycles. The van der Waals surface area contributed by atoms with Gasteiger partial charge in [0.15, 0.2) is 5.82 Å². The third-order valence-electron chi connectivity index (χ3n) is 4.05. The number of nitrogens with one attached hydrogen (secondary N) is 1. The van der Waals surface area contributed by atoms with Crippen molar-refractivity contribution in [3.8, 4) is 0 Å². The summed E-state index contributed by atoms with van der Waals surface area (Å²) in [7, 11) is 0. The van der Waals surface area contributed by atoms with Crippen LogP contribution in [-0.2, 0) is 11.2 Å². The standard InChI is InChI=1S/C17H29N3O/c1-4-8-16(21-6-3)17-19-12-13-14(18-11-5-2)9-7-10-15(13)20-17/h12,14,16,18H,4-11H2,1-3H3. The van der Waals surface area contributed by atoms with E-state index in [9.17, 15) is 0 Å². The van der Waals surface area contributed by atoms with Crippen LogP contribution in [0.4, 0.5) is 0 Å². The molecule has 1 aliphatic carbocycles. The van der Waals surface area contributed by atoms with Crippen LogP contribution in [0.15, 0.2) is 6.20 Å². The fraction of sp³-hybridized carbons (Fsp3) is 0.765. The normalized spacial score (nSPS) is 19.3. The first-order valence-corrected chi connectivity index (χ1v) is 8.50. The summed E-state index contributed by atoms with van der Waals surface area (Å²) in [4.78, 5) is 9.44. The molecule has 1 aliphatic rings. The van der Waals surface area contributed by atoms with Crippen molar-refractivity contribution in [2.75, 3.05) is 13.2 Å². The summed E-state index contributed by atoms with van der Waals surface area (Å²) in [6, 6.07) is 0.430. The Balaban J connectivity index is 2.17. The van der Waals surface area contributed by atoms with E-state index in [0.717, 1.165) is 38.1 Å². The zero-order valence-corrected chi connectivity index (χ0v) is 13.7. The van der Waals surface area contributed by atoms with E-state index in [-0.39, 0.29) is 6.10 Å². The van der Waals surface area contributed by atoms with Crippen LogP contribution in [0.5, 0.6) is 0 Å². The molecule has 2 rings (SSSR count). The molecule has 0 bridgehead atoms. The lowest BCUT2D eigenvalue weighted by atomic mass is 9.92. The van der Waals surface area contributed by atoms with Crippen LogP contribution in [-0.4, -0.2) is 23.1 Å². The molecule has 1 heterocycles. The van der Waals surface area contributed by atoms with Crippen molar-refractivity contribution in [1.82, 2.24) is 15.3 Å². The number of fused-ring (bicyclic) bond motifs is 1. The maximum Gasteiger partial charge on any atom is 0.157 e. The van der Waals surface area contributed by atoms with E-state index < -0.39 is 0 Å². The molecule has 0 spiro atoms. The van der Waals surface area contributed by atoms with Crippen LogP contribution in [0, 0.1) is 0 Å². The Hall–Kier alpha value is -1.00. The third-order valence-corrected chi connectivity index (χ3v) is 4.05. The highest BCUT2D eigenvalue weighted by atomic mass is 16.5. The molecule has 1 aromatic rings. The Morgan fingerprint density at radius 2 is 2.19 bits per heavy atom. The molecule has 0 aliphatic heterocycles. The lowest BCUT2D eigenvalue weighted by Crippen LogP contribution is -2.27. The first kappa shape index (κ1) is 16.4. The van der Waals surface area contributed by atoms with Gasteiger partial charge in [-0.2, -0.15) is 0 Å². The second-order valence-corrected chi connectivity index (χ2v) is 5.76. The predicted molar refractivity (Wildman–Crippen MR) is 85.3 cm³/mol. The number of hydrogen-bond donors (Lipinski definition) is 1. The van der Waals surface area contributed by atoms with E-state index in [4.69, 9.17) is 9.72 Å². The van der Waals surface area contributed by atoms with Crippen molar-refractivity contribution in [1.29, 1.82) is 0 Å². The quantitative estimate of drug-likeness (QED) is 0.792. The highest BCUT2D eigenvalue weighted by Gasteiger charge is 2.23. The number of aromatic nitrogens is 2. The molecule has 1 aromatic heterocycles. The first-order valence-electron chi connectivity index (χ1n) is 8.50. The highest BCUT2D eigenvalue weighted by molar-refractivity contribution is 5.25. The van der Waals surface area contributed by atoms with Gasteiger partial charge < -0.3 is 10.1 Å². The van der Waals surface area contributed by atoms with Crippen molar-refractivity contribution in [2.45, 2.75) is 71.4 Å². The molecule has 2 unspecified atom stereocenters. The van der Waals surface area contributed by atoms with Gasteiger partial charge in [-0.1, -0.05) is 20.3 Å². The van der Waals surface area contributed by atoms with Gasteiger partial charge in [-0.25, -0.2) is 9.97 Å². The Labute approximate surface area is 128 Å². The second kappa shape index (κ2) is 8.44. The van der Waals surface area contributed by atoms with E-state index in [1.807, 2.05) is 13.1 Å². The summed E-state index contributed by atoms with van der Waals surface area (Å²) in [6.45, 7) is 8.18. The molecule has 0 saturated carbocycles. The zero-order valence-electron chi connectivity index (χ0n) is 13.7. The van der Waals surface area contributed by atoms with Crippen LogP contribution in [0.3, 0.4) is 0 Å². The molecular formula is C17H29N3O. The third kappa shape index (κ3) is 4.24. The summed E-state index contributed by atoms with van der Waals surface area (Å²) in [5, 5.41) is 3.62. The van der Waals surface area contributed by atoms with E-state index in [1.54, 1.807) is 0 Å². The largest absolute Gasteiger partial charge is 0.371 e. The summed E-state index contributed by atoms with van der Waals surface area (Å²) in [6.07, 6.45) is 8.79. The molecule has 118 valence electrons. The zero-order chi connectivity index (χ0) is 15.1. The van der Waals surface area contributed by atoms with Gasteiger partial charge in [-0.3, -0.25) is 0 Å². The van der Waals surface area contributed by atoms with E-state index in [1.165, 1.54) is 24.1 Å². The fourth-order valence-corrected chi connectivity index (χ4v) is 3.00. The Morgan fingerprint density at radius 3 is 2.90 bits per heavy atom. The Morgan fingerprint density at radius 1 is 1.33 bits per heavy atom. The summed E-state index contributed by atoms with van der Waals surface area (Å²) >= 11 is 0. The van der Waals surface area contributed by atoms with E-state index >= 15 is 0 Å². The number of aryl methyl sites for hydroxylation is 1. The summed E-state index contributed by atoms with van der Waals surface area (Å²) in [5.74, 6) is 0.869. The topological polar surface area (TPSA) is 47.0 Å². The SMILES string of the molecule is CCCNC1CCCc2nc(C(CCC)OCC)ncc21. The van der Waals surface area contributed by atoms with Gasteiger partial charge in [0, 0.05) is 30.1 Å². The highest BCUT2D eigenvalue weighted by Crippen LogP contribution is 2.29. The molecule has 0 aromatic carbocycles. The van der Waals surface area contributed by atoms with Gasteiger partial charge in [0.1, 0.15) is 6.10 Å². The van der Waals surface area contributed by atoms with Crippen LogP contribution in [0.25, 0.3) is 0 Å². The maximum atomic E-state index is 5.81. The lowest BCUT2D eigenvalue weighted by Gasteiger charge is -2.26. The average molecular weight is 291 g/mol. The van der Waals surface area contributed by atoms with Crippen molar-refractivity contribution in [3.05, 3.63) is 23.3 Å². The van der Waals surface area contributed by atoms with Crippen molar-refractivity contribution in [3.63, 3.8) is 0 Å². The molecule has 2 atom stereocenters. The van der Waals surface area contributed by atoms with Crippen molar-refractivity contribution < 1.29 is 4.74 Å².